The molecule has 1 fully saturated rings. The zero-order valence-electron chi connectivity index (χ0n) is 13.3. The fourth-order valence-electron chi connectivity index (χ4n) is 2.68. The van der Waals surface area contributed by atoms with Gasteiger partial charge in [-0.1, -0.05) is 30.3 Å². The third kappa shape index (κ3) is 3.70. The van der Waals surface area contributed by atoms with E-state index in [-0.39, 0.29) is 13.0 Å². The van der Waals surface area contributed by atoms with E-state index in [2.05, 4.69) is 4.98 Å². The average molecular weight is 348 g/mol. The second kappa shape index (κ2) is 7.48. The smallest absolute Gasteiger partial charge is 0.350 e. The summed E-state index contributed by atoms with van der Waals surface area (Å²) in [6.07, 6.45) is -0.0551. The van der Waals surface area contributed by atoms with Crippen LogP contribution in [0.4, 0.5) is 0 Å². The second-order valence-electron chi connectivity index (χ2n) is 5.81. The first-order chi connectivity index (χ1) is 11.6. The van der Waals surface area contributed by atoms with Gasteiger partial charge < -0.3 is 14.9 Å². The molecule has 7 heteroatoms. The fraction of sp³-hybridized carbons (Fsp3) is 0.412. The predicted molar refractivity (Wildman–Crippen MR) is 90.9 cm³/mol. The fourth-order valence-corrected chi connectivity index (χ4v) is 3.60. The van der Waals surface area contributed by atoms with Crippen LogP contribution >= 0.6 is 11.8 Å². The van der Waals surface area contributed by atoms with Gasteiger partial charge in [0.2, 0.25) is 0 Å². The van der Waals surface area contributed by atoms with Crippen LogP contribution in [0.1, 0.15) is 23.8 Å². The maximum absolute atomic E-state index is 12.3. The van der Waals surface area contributed by atoms with Crippen molar-refractivity contribution in [3.63, 3.8) is 0 Å². The molecule has 2 heterocycles. The Morgan fingerprint density at radius 2 is 2.12 bits per heavy atom. The number of thioether (sulfide) groups is 1. The molecule has 1 aliphatic heterocycles. The monoisotopic (exact) mass is 348 g/mol. The van der Waals surface area contributed by atoms with Crippen LogP contribution in [-0.4, -0.2) is 38.6 Å². The molecule has 3 atom stereocenters. The number of aliphatic hydroxyl groups excluding tert-OH is 2. The van der Waals surface area contributed by atoms with Crippen LogP contribution in [0.2, 0.25) is 0 Å². The molecular weight excluding hydrogens is 328 g/mol. The van der Waals surface area contributed by atoms with Crippen molar-refractivity contribution in [1.29, 1.82) is 0 Å². The van der Waals surface area contributed by atoms with Crippen LogP contribution in [0.3, 0.4) is 0 Å². The van der Waals surface area contributed by atoms with Gasteiger partial charge in [0, 0.05) is 18.4 Å². The molecule has 2 N–H and O–H groups in total. The van der Waals surface area contributed by atoms with Crippen LogP contribution in [0.15, 0.2) is 46.3 Å². The Morgan fingerprint density at radius 3 is 2.79 bits per heavy atom. The van der Waals surface area contributed by atoms with Gasteiger partial charge in [0.25, 0.3) is 0 Å². The van der Waals surface area contributed by atoms with Crippen molar-refractivity contribution in [3.8, 4) is 0 Å². The highest BCUT2D eigenvalue weighted by Gasteiger charge is 2.35. The van der Waals surface area contributed by atoms with Crippen molar-refractivity contribution in [2.24, 2.45) is 0 Å². The van der Waals surface area contributed by atoms with E-state index in [1.54, 1.807) is 6.20 Å². The number of hydrogen-bond donors (Lipinski definition) is 2. The first kappa shape index (κ1) is 17.2. The van der Waals surface area contributed by atoms with Crippen LogP contribution in [0.25, 0.3) is 0 Å². The number of aromatic nitrogens is 2. The van der Waals surface area contributed by atoms with E-state index in [4.69, 9.17) is 9.84 Å². The highest BCUT2D eigenvalue weighted by Crippen LogP contribution is 2.29. The summed E-state index contributed by atoms with van der Waals surface area (Å²) in [5.74, 6) is 0.739. The van der Waals surface area contributed by atoms with E-state index in [0.717, 1.165) is 11.3 Å². The average Bonchev–Trinajstić information content (AvgIpc) is 2.97. The lowest BCUT2D eigenvalue weighted by atomic mass is 10.2. The van der Waals surface area contributed by atoms with Crippen molar-refractivity contribution < 1.29 is 14.9 Å². The Kier molecular flexibility index (Phi) is 5.35. The molecule has 2 aromatic rings. The summed E-state index contributed by atoms with van der Waals surface area (Å²) in [4.78, 5) is 16.5. The molecule has 0 radical (unpaired) electrons. The molecule has 1 saturated heterocycles. The number of ether oxygens (including phenoxy) is 1. The summed E-state index contributed by atoms with van der Waals surface area (Å²) in [7, 11) is 0. The first-order valence-electron chi connectivity index (χ1n) is 7.79. The number of rotatable bonds is 5. The van der Waals surface area contributed by atoms with Gasteiger partial charge >= 0.3 is 5.69 Å². The number of aryl methyl sites for hydroxylation is 1. The summed E-state index contributed by atoms with van der Waals surface area (Å²) in [6, 6.07) is 10.00. The molecule has 0 aliphatic carbocycles. The molecule has 0 amide bonds. The zero-order valence-corrected chi connectivity index (χ0v) is 14.1. The van der Waals surface area contributed by atoms with Gasteiger partial charge in [-0.2, -0.15) is 4.98 Å². The molecule has 128 valence electrons. The highest BCUT2D eigenvalue weighted by molar-refractivity contribution is 7.98. The van der Waals surface area contributed by atoms with Crippen molar-refractivity contribution in [1.82, 2.24) is 9.55 Å². The van der Waals surface area contributed by atoms with Gasteiger partial charge in [0.05, 0.1) is 12.7 Å². The third-order valence-electron chi connectivity index (χ3n) is 4.00. The van der Waals surface area contributed by atoms with Crippen LogP contribution in [-0.2, 0) is 10.5 Å². The minimum Gasteiger partial charge on any atom is -0.394 e. The molecular formula is C17H20N2O4S. The van der Waals surface area contributed by atoms with E-state index >= 15 is 0 Å². The quantitative estimate of drug-likeness (QED) is 0.629. The molecule has 1 aliphatic rings. The molecule has 0 spiro atoms. The molecule has 3 rings (SSSR count). The highest BCUT2D eigenvalue weighted by atomic mass is 32.2. The summed E-state index contributed by atoms with van der Waals surface area (Å²) in [5, 5.41) is 19.7. The summed E-state index contributed by atoms with van der Waals surface area (Å²) < 4.78 is 6.92. The van der Waals surface area contributed by atoms with Gasteiger partial charge in [-0.15, -0.1) is 11.8 Å². The predicted octanol–water partition coefficient (Wildman–Crippen LogP) is 1.48. The van der Waals surface area contributed by atoms with Gasteiger partial charge in [-0.25, -0.2) is 4.79 Å². The number of benzene rings is 1. The lowest BCUT2D eigenvalue weighted by molar-refractivity contribution is -0.0460. The van der Waals surface area contributed by atoms with Crippen LogP contribution in [0, 0.1) is 6.92 Å². The Hall–Kier alpha value is -1.67. The number of aliphatic hydroxyl groups is 2. The van der Waals surface area contributed by atoms with Crippen molar-refractivity contribution in [3.05, 3.63) is 58.1 Å². The van der Waals surface area contributed by atoms with E-state index in [9.17, 15) is 9.90 Å². The van der Waals surface area contributed by atoms with Gasteiger partial charge in [-0.05, 0) is 18.1 Å². The summed E-state index contributed by atoms with van der Waals surface area (Å²) in [5.41, 5.74) is 1.63. The maximum Gasteiger partial charge on any atom is 0.350 e. The van der Waals surface area contributed by atoms with E-state index in [0.29, 0.717) is 5.03 Å². The Labute approximate surface area is 144 Å². The number of nitrogens with zero attached hydrogens (tertiary/aromatic N) is 2. The molecule has 24 heavy (non-hydrogen) atoms. The minimum absolute atomic E-state index is 0.267. The third-order valence-corrected chi connectivity index (χ3v) is 5.17. The first-order valence-corrected chi connectivity index (χ1v) is 8.78. The van der Waals surface area contributed by atoms with Crippen molar-refractivity contribution >= 4 is 11.8 Å². The lowest BCUT2D eigenvalue weighted by Crippen LogP contribution is -2.28. The van der Waals surface area contributed by atoms with Gasteiger partial charge in [0.1, 0.15) is 17.4 Å². The zero-order chi connectivity index (χ0) is 17.1. The minimum atomic E-state index is -0.778. The van der Waals surface area contributed by atoms with Gasteiger partial charge in [0.15, 0.2) is 0 Å². The molecule has 0 saturated carbocycles. The number of hydrogen-bond acceptors (Lipinski definition) is 6. The van der Waals surface area contributed by atoms with Gasteiger partial charge in [-0.3, -0.25) is 4.57 Å². The Balaban J connectivity index is 1.75. The molecule has 0 unspecified atom stereocenters. The SMILES string of the molecule is Cc1cn([C@H]2C[C@H](O)[C@@H](CO)O2)c(=O)nc1SCc1ccccc1. The van der Waals surface area contributed by atoms with E-state index in [1.165, 1.54) is 21.9 Å². The van der Waals surface area contributed by atoms with Crippen molar-refractivity contribution in [2.45, 2.75) is 42.6 Å². The largest absolute Gasteiger partial charge is 0.394 e. The van der Waals surface area contributed by atoms with Crippen LogP contribution < -0.4 is 5.69 Å². The molecule has 0 bridgehead atoms. The maximum atomic E-state index is 12.3. The topological polar surface area (TPSA) is 84.6 Å². The molecule has 1 aromatic carbocycles. The standard InChI is InChI=1S/C17H20N2O4S/c1-11-8-19(15-7-13(21)14(9-20)23-15)17(22)18-16(11)24-10-12-5-3-2-4-6-12/h2-6,8,13-15,20-21H,7,9-10H2,1H3/t13-,14+,15+/m0/s1. The van der Waals surface area contributed by atoms with Crippen LogP contribution in [0.5, 0.6) is 0 Å². The van der Waals surface area contributed by atoms with E-state index < -0.39 is 24.1 Å². The van der Waals surface area contributed by atoms with Crippen molar-refractivity contribution in [2.75, 3.05) is 6.61 Å². The molecule has 6 nitrogen and oxygen atoms in total. The normalized spacial score (nSPS) is 23.5. The summed E-state index contributed by atoms with van der Waals surface area (Å²) >= 11 is 1.52. The Bertz CT molecular complexity index is 750. The summed E-state index contributed by atoms with van der Waals surface area (Å²) in [6.45, 7) is 1.62. The lowest BCUT2D eigenvalue weighted by Gasteiger charge is -2.16. The second-order valence-corrected chi connectivity index (χ2v) is 6.77. The van der Waals surface area contributed by atoms with E-state index in [1.807, 2.05) is 37.3 Å². The Morgan fingerprint density at radius 1 is 1.38 bits per heavy atom. The molecule has 1 aromatic heterocycles.